The predicted molar refractivity (Wildman–Crippen MR) is 121 cm³/mol. The van der Waals surface area contributed by atoms with Crippen molar-refractivity contribution in [2.75, 3.05) is 13.1 Å². The molecule has 2 aromatic heterocycles. The molecular formula is C24H33N5O2. The van der Waals surface area contributed by atoms with Gasteiger partial charge in [0.2, 0.25) is 5.89 Å². The van der Waals surface area contributed by atoms with Crippen molar-refractivity contribution in [2.45, 2.75) is 60.3 Å². The van der Waals surface area contributed by atoms with E-state index in [2.05, 4.69) is 37.9 Å². The zero-order chi connectivity index (χ0) is 22.4. The Morgan fingerprint density at radius 2 is 1.87 bits per heavy atom. The van der Waals surface area contributed by atoms with Crippen molar-refractivity contribution >= 4 is 5.91 Å². The fourth-order valence-corrected chi connectivity index (χ4v) is 3.57. The Kier molecular flexibility index (Phi) is 7.60. The summed E-state index contributed by atoms with van der Waals surface area (Å²) < 4.78 is 7.49. The maximum Gasteiger partial charge on any atom is 0.268 e. The predicted octanol–water partition coefficient (Wildman–Crippen LogP) is 5.08. The molecule has 0 aliphatic rings. The van der Waals surface area contributed by atoms with Crippen LogP contribution in [0.3, 0.4) is 0 Å². The van der Waals surface area contributed by atoms with E-state index in [0.717, 1.165) is 50.2 Å². The standard InChI is InChI=1S/C24H33N5O2/c1-6-13-28(14-7-2)24(30)19-9-8-10-20(15-19)29-21(12-11-17(3)4)16-22(27-29)23-26-25-18(5)31-23/h8-10,15-17H,6-7,11-14H2,1-5H3. The first-order chi connectivity index (χ1) is 14.9. The maximum atomic E-state index is 13.1. The van der Waals surface area contributed by atoms with Crippen molar-refractivity contribution in [1.29, 1.82) is 0 Å². The van der Waals surface area contributed by atoms with E-state index in [1.165, 1.54) is 0 Å². The highest BCUT2D eigenvalue weighted by atomic mass is 16.4. The lowest BCUT2D eigenvalue weighted by molar-refractivity contribution is 0.0755. The van der Waals surface area contributed by atoms with Gasteiger partial charge in [0.25, 0.3) is 11.8 Å². The van der Waals surface area contributed by atoms with E-state index in [1.54, 1.807) is 6.92 Å². The molecule has 0 saturated heterocycles. The quantitative estimate of drug-likeness (QED) is 0.454. The molecule has 0 fully saturated rings. The van der Waals surface area contributed by atoms with E-state index in [1.807, 2.05) is 39.9 Å². The Balaban J connectivity index is 1.97. The summed E-state index contributed by atoms with van der Waals surface area (Å²) in [7, 11) is 0. The lowest BCUT2D eigenvalue weighted by atomic mass is 10.1. The topological polar surface area (TPSA) is 77.1 Å². The first-order valence-corrected chi connectivity index (χ1v) is 11.2. The van der Waals surface area contributed by atoms with Crippen molar-refractivity contribution in [3.8, 4) is 17.3 Å². The minimum absolute atomic E-state index is 0.0641. The highest BCUT2D eigenvalue weighted by Crippen LogP contribution is 2.23. The van der Waals surface area contributed by atoms with Crippen LogP contribution in [0.15, 0.2) is 34.7 Å². The second kappa shape index (κ2) is 10.4. The van der Waals surface area contributed by atoms with Crippen LogP contribution in [0.25, 0.3) is 17.3 Å². The minimum Gasteiger partial charge on any atom is -0.420 e. The van der Waals surface area contributed by atoms with E-state index >= 15 is 0 Å². The van der Waals surface area contributed by atoms with Crippen LogP contribution in [-0.2, 0) is 6.42 Å². The molecule has 0 aliphatic heterocycles. The Morgan fingerprint density at radius 1 is 1.13 bits per heavy atom. The van der Waals surface area contributed by atoms with E-state index in [4.69, 9.17) is 9.52 Å². The summed E-state index contributed by atoms with van der Waals surface area (Å²) >= 11 is 0. The number of carbonyl (C=O) groups is 1. The SMILES string of the molecule is CCCN(CCC)C(=O)c1cccc(-n2nc(-c3nnc(C)o3)cc2CCC(C)C)c1. The summed E-state index contributed by atoms with van der Waals surface area (Å²) in [4.78, 5) is 15.0. The first-order valence-electron chi connectivity index (χ1n) is 11.2. The third-order valence-corrected chi connectivity index (χ3v) is 5.12. The number of aromatic nitrogens is 4. The van der Waals surface area contributed by atoms with Crippen LogP contribution in [0.1, 0.15) is 68.9 Å². The molecule has 0 bridgehead atoms. The third kappa shape index (κ3) is 5.60. The van der Waals surface area contributed by atoms with Crippen molar-refractivity contribution in [1.82, 2.24) is 24.9 Å². The van der Waals surface area contributed by atoms with Gasteiger partial charge in [0.05, 0.1) is 5.69 Å². The van der Waals surface area contributed by atoms with Crippen molar-refractivity contribution < 1.29 is 9.21 Å². The molecule has 31 heavy (non-hydrogen) atoms. The average Bonchev–Trinajstić information content (AvgIpc) is 3.38. The molecule has 0 atom stereocenters. The van der Waals surface area contributed by atoms with Gasteiger partial charge in [-0.3, -0.25) is 4.79 Å². The second-order valence-corrected chi connectivity index (χ2v) is 8.33. The van der Waals surface area contributed by atoms with Crippen LogP contribution < -0.4 is 0 Å². The van der Waals surface area contributed by atoms with E-state index in [-0.39, 0.29) is 5.91 Å². The molecule has 3 rings (SSSR count). The zero-order valence-corrected chi connectivity index (χ0v) is 19.3. The highest BCUT2D eigenvalue weighted by molar-refractivity contribution is 5.94. The average molecular weight is 424 g/mol. The first kappa shape index (κ1) is 22.7. The number of hydrogen-bond donors (Lipinski definition) is 0. The molecule has 7 heteroatoms. The normalized spacial score (nSPS) is 11.3. The molecule has 0 saturated carbocycles. The zero-order valence-electron chi connectivity index (χ0n) is 19.3. The highest BCUT2D eigenvalue weighted by Gasteiger charge is 2.18. The fraction of sp³-hybridized carbons (Fsp3) is 0.500. The second-order valence-electron chi connectivity index (χ2n) is 8.33. The Hall–Kier alpha value is -2.96. The van der Waals surface area contributed by atoms with Crippen LogP contribution >= 0.6 is 0 Å². The summed E-state index contributed by atoms with van der Waals surface area (Å²) in [5.74, 6) is 1.55. The molecule has 0 spiro atoms. The van der Waals surface area contributed by atoms with Crippen molar-refractivity contribution in [3.63, 3.8) is 0 Å². The fourth-order valence-electron chi connectivity index (χ4n) is 3.57. The Bertz CT molecular complexity index is 999. The van der Waals surface area contributed by atoms with Crippen molar-refractivity contribution in [3.05, 3.63) is 47.5 Å². The van der Waals surface area contributed by atoms with E-state index in [9.17, 15) is 4.79 Å². The number of benzene rings is 1. The summed E-state index contributed by atoms with van der Waals surface area (Å²) in [5.41, 5.74) is 3.25. The molecular weight excluding hydrogens is 390 g/mol. The number of hydrogen-bond acceptors (Lipinski definition) is 5. The third-order valence-electron chi connectivity index (χ3n) is 5.12. The molecule has 166 valence electrons. The molecule has 0 aliphatic carbocycles. The maximum absolute atomic E-state index is 13.1. The number of aryl methyl sites for hydroxylation is 2. The van der Waals surface area contributed by atoms with E-state index in [0.29, 0.717) is 29.0 Å². The van der Waals surface area contributed by atoms with Crippen LogP contribution in [0.4, 0.5) is 0 Å². The van der Waals surface area contributed by atoms with Crippen LogP contribution in [0.2, 0.25) is 0 Å². The summed E-state index contributed by atoms with van der Waals surface area (Å²) in [6.07, 6.45) is 3.79. The van der Waals surface area contributed by atoms with Gasteiger partial charge in [0.1, 0.15) is 5.69 Å². The lowest BCUT2D eigenvalue weighted by Crippen LogP contribution is -2.32. The summed E-state index contributed by atoms with van der Waals surface area (Å²) in [6, 6.07) is 9.71. The molecule has 7 nitrogen and oxygen atoms in total. The number of rotatable bonds is 10. The van der Waals surface area contributed by atoms with Gasteiger partial charge in [-0.25, -0.2) is 4.68 Å². The van der Waals surface area contributed by atoms with Gasteiger partial charge in [-0.05, 0) is 55.9 Å². The largest absolute Gasteiger partial charge is 0.420 e. The minimum atomic E-state index is 0.0641. The molecule has 0 N–H and O–H groups in total. The molecule has 0 unspecified atom stereocenters. The number of nitrogens with zero attached hydrogens (tertiary/aromatic N) is 5. The van der Waals surface area contributed by atoms with Gasteiger partial charge in [0.15, 0.2) is 0 Å². The van der Waals surface area contributed by atoms with Crippen LogP contribution in [-0.4, -0.2) is 43.9 Å². The molecule has 2 heterocycles. The Labute approximate surface area is 184 Å². The lowest BCUT2D eigenvalue weighted by Gasteiger charge is -2.21. The van der Waals surface area contributed by atoms with Gasteiger partial charge >= 0.3 is 0 Å². The molecule has 0 radical (unpaired) electrons. The van der Waals surface area contributed by atoms with Gasteiger partial charge in [0, 0.05) is 31.3 Å². The Morgan fingerprint density at radius 3 is 2.48 bits per heavy atom. The smallest absolute Gasteiger partial charge is 0.268 e. The van der Waals surface area contributed by atoms with Gasteiger partial charge in [-0.15, -0.1) is 10.2 Å². The molecule has 1 amide bonds. The number of amides is 1. The molecule has 1 aromatic carbocycles. The van der Waals surface area contributed by atoms with Crippen LogP contribution in [0, 0.1) is 12.8 Å². The van der Waals surface area contributed by atoms with E-state index < -0.39 is 0 Å². The van der Waals surface area contributed by atoms with Gasteiger partial charge in [-0.1, -0.05) is 33.8 Å². The monoisotopic (exact) mass is 423 g/mol. The molecule has 3 aromatic rings. The number of carbonyl (C=O) groups excluding carboxylic acids is 1. The van der Waals surface area contributed by atoms with Gasteiger partial charge < -0.3 is 9.32 Å². The summed E-state index contributed by atoms with van der Waals surface area (Å²) in [6.45, 7) is 11.9. The summed E-state index contributed by atoms with van der Waals surface area (Å²) in [5, 5.41) is 12.8. The van der Waals surface area contributed by atoms with Crippen LogP contribution in [0.5, 0.6) is 0 Å². The van der Waals surface area contributed by atoms with Crippen molar-refractivity contribution in [2.24, 2.45) is 5.92 Å². The van der Waals surface area contributed by atoms with Gasteiger partial charge in [-0.2, -0.15) is 5.10 Å².